The molecule has 0 fully saturated rings. The monoisotopic (exact) mass is 374 g/mol. The summed E-state index contributed by atoms with van der Waals surface area (Å²) in [6, 6.07) is 15.7. The van der Waals surface area contributed by atoms with Gasteiger partial charge in [-0.05, 0) is 49.6 Å². The maximum atomic E-state index is 12.6. The highest BCUT2D eigenvalue weighted by atomic mass is 32.2. The second-order valence-corrected chi connectivity index (χ2v) is 8.03. The number of rotatable bonds is 8. The summed E-state index contributed by atoms with van der Waals surface area (Å²) in [6.45, 7) is 5.71. The van der Waals surface area contributed by atoms with Gasteiger partial charge in [0.2, 0.25) is 15.9 Å². The van der Waals surface area contributed by atoms with Crippen molar-refractivity contribution in [3.05, 3.63) is 60.2 Å². The molecule has 0 aromatic heterocycles. The SMILES string of the molecule is CC[C@@H](C)NS(=O)(=O)c1ccc(NC(=O)[C@H](CC)c2ccccc2)cc1. The molecule has 1 amide bonds. The highest BCUT2D eigenvalue weighted by molar-refractivity contribution is 7.89. The zero-order valence-corrected chi connectivity index (χ0v) is 16.2. The predicted molar refractivity (Wildman–Crippen MR) is 105 cm³/mol. The molecule has 0 saturated carbocycles. The van der Waals surface area contributed by atoms with Crippen molar-refractivity contribution >= 4 is 21.6 Å². The van der Waals surface area contributed by atoms with Crippen molar-refractivity contribution < 1.29 is 13.2 Å². The first-order valence-corrected chi connectivity index (χ1v) is 10.3. The van der Waals surface area contributed by atoms with E-state index in [0.717, 1.165) is 5.56 Å². The predicted octanol–water partition coefficient (Wildman–Crippen LogP) is 3.90. The summed E-state index contributed by atoms with van der Waals surface area (Å²) in [4.78, 5) is 12.8. The van der Waals surface area contributed by atoms with E-state index in [2.05, 4.69) is 10.0 Å². The van der Waals surface area contributed by atoms with Gasteiger partial charge in [-0.1, -0.05) is 44.2 Å². The Morgan fingerprint density at radius 1 is 0.962 bits per heavy atom. The maximum Gasteiger partial charge on any atom is 0.240 e. The quantitative estimate of drug-likeness (QED) is 0.736. The molecule has 0 spiro atoms. The number of hydrogen-bond donors (Lipinski definition) is 2. The van der Waals surface area contributed by atoms with Crippen molar-refractivity contribution in [2.45, 2.75) is 50.5 Å². The van der Waals surface area contributed by atoms with Gasteiger partial charge in [-0.3, -0.25) is 4.79 Å². The highest BCUT2D eigenvalue weighted by Crippen LogP contribution is 2.22. The lowest BCUT2D eigenvalue weighted by Gasteiger charge is -2.16. The Bertz CT molecular complexity index is 818. The van der Waals surface area contributed by atoms with Gasteiger partial charge >= 0.3 is 0 Å². The van der Waals surface area contributed by atoms with E-state index in [-0.39, 0.29) is 22.8 Å². The zero-order chi connectivity index (χ0) is 19.2. The molecule has 2 N–H and O–H groups in total. The van der Waals surface area contributed by atoms with Crippen LogP contribution in [0.4, 0.5) is 5.69 Å². The molecular formula is C20H26N2O3S. The summed E-state index contributed by atoms with van der Waals surface area (Å²) in [5, 5.41) is 2.87. The largest absolute Gasteiger partial charge is 0.326 e. The number of nitrogens with one attached hydrogen (secondary N) is 2. The third-order valence-corrected chi connectivity index (χ3v) is 5.93. The van der Waals surface area contributed by atoms with Crippen LogP contribution < -0.4 is 10.0 Å². The van der Waals surface area contributed by atoms with E-state index in [0.29, 0.717) is 18.5 Å². The van der Waals surface area contributed by atoms with E-state index < -0.39 is 10.0 Å². The van der Waals surface area contributed by atoms with Crippen molar-refractivity contribution in [1.29, 1.82) is 0 Å². The molecule has 0 saturated heterocycles. The molecule has 2 aromatic carbocycles. The van der Waals surface area contributed by atoms with Gasteiger partial charge < -0.3 is 5.32 Å². The Labute approximate surface area is 155 Å². The summed E-state index contributed by atoms with van der Waals surface area (Å²) >= 11 is 0. The molecule has 140 valence electrons. The smallest absolute Gasteiger partial charge is 0.240 e. The number of amides is 1. The lowest BCUT2D eigenvalue weighted by atomic mass is 9.95. The number of carbonyl (C=O) groups is 1. The standard InChI is InChI=1S/C20H26N2O3S/c1-4-15(3)22-26(24,25)18-13-11-17(12-14-18)21-20(23)19(5-2)16-9-7-6-8-10-16/h6-15,19,22H,4-5H2,1-3H3,(H,21,23)/t15-,19-/m1/s1. The highest BCUT2D eigenvalue weighted by Gasteiger charge is 2.19. The minimum absolute atomic E-state index is 0.105. The molecule has 0 bridgehead atoms. The minimum atomic E-state index is -3.54. The topological polar surface area (TPSA) is 75.3 Å². The first kappa shape index (κ1) is 20.1. The Kier molecular flexibility index (Phi) is 6.94. The molecule has 5 nitrogen and oxygen atoms in total. The van der Waals surface area contributed by atoms with Gasteiger partial charge in [0.05, 0.1) is 10.8 Å². The van der Waals surface area contributed by atoms with Crippen LogP contribution in [-0.4, -0.2) is 20.4 Å². The normalized spacial score (nSPS) is 13.8. The molecule has 6 heteroatoms. The second-order valence-electron chi connectivity index (χ2n) is 6.32. The molecule has 0 aliphatic rings. The van der Waals surface area contributed by atoms with Crippen molar-refractivity contribution in [2.24, 2.45) is 0 Å². The van der Waals surface area contributed by atoms with E-state index in [1.54, 1.807) is 12.1 Å². The van der Waals surface area contributed by atoms with Crippen LogP contribution >= 0.6 is 0 Å². The molecule has 0 heterocycles. The van der Waals surface area contributed by atoms with Gasteiger partial charge in [0, 0.05) is 11.7 Å². The molecule has 0 aliphatic carbocycles. The first-order chi connectivity index (χ1) is 12.4. The fraction of sp³-hybridized carbons (Fsp3) is 0.350. The minimum Gasteiger partial charge on any atom is -0.326 e. The fourth-order valence-corrected chi connectivity index (χ4v) is 3.95. The molecule has 26 heavy (non-hydrogen) atoms. The molecular weight excluding hydrogens is 348 g/mol. The van der Waals surface area contributed by atoms with E-state index in [1.807, 2.05) is 51.1 Å². The zero-order valence-electron chi connectivity index (χ0n) is 15.4. The van der Waals surface area contributed by atoms with E-state index in [4.69, 9.17) is 0 Å². The first-order valence-electron chi connectivity index (χ1n) is 8.85. The van der Waals surface area contributed by atoms with Crippen molar-refractivity contribution in [2.75, 3.05) is 5.32 Å². The van der Waals surface area contributed by atoms with E-state index in [9.17, 15) is 13.2 Å². The van der Waals surface area contributed by atoms with Crippen LogP contribution in [0.15, 0.2) is 59.5 Å². The maximum absolute atomic E-state index is 12.6. The Balaban J connectivity index is 2.10. The van der Waals surface area contributed by atoms with E-state index >= 15 is 0 Å². The van der Waals surface area contributed by atoms with Crippen LogP contribution in [0.1, 0.15) is 45.1 Å². The molecule has 0 unspecified atom stereocenters. The third kappa shape index (κ3) is 5.16. The van der Waals surface area contributed by atoms with Crippen molar-refractivity contribution in [3.8, 4) is 0 Å². The Morgan fingerprint density at radius 3 is 2.12 bits per heavy atom. The molecule has 2 rings (SSSR count). The number of benzene rings is 2. The van der Waals surface area contributed by atoms with Crippen LogP contribution in [0.25, 0.3) is 0 Å². The Hall–Kier alpha value is -2.18. The third-order valence-electron chi connectivity index (χ3n) is 4.33. The van der Waals surface area contributed by atoms with Crippen LogP contribution in [-0.2, 0) is 14.8 Å². The number of sulfonamides is 1. The van der Waals surface area contributed by atoms with Gasteiger partial charge in [-0.25, -0.2) is 13.1 Å². The lowest BCUT2D eigenvalue weighted by molar-refractivity contribution is -0.117. The van der Waals surface area contributed by atoms with Gasteiger partial charge in [-0.15, -0.1) is 0 Å². The van der Waals surface area contributed by atoms with Crippen LogP contribution in [0.3, 0.4) is 0 Å². The van der Waals surface area contributed by atoms with Crippen LogP contribution in [0.2, 0.25) is 0 Å². The average Bonchev–Trinajstić information content (AvgIpc) is 2.63. The van der Waals surface area contributed by atoms with Crippen LogP contribution in [0.5, 0.6) is 0 Å². The Morgan fingerprint density at radius 2 is 1.58 bits per heavy atom. The number of hydrogen-bond acceptors (Lipinski definition) is 3. The van der Waals surface area contributed by atoms with Crippen molar-refractivity contribution in [1.82, 2.24) is 4.72 Å². The van der Waals surface area contributed by atoms with Crippen LogP contribution in [0, 0.1) is 0 Å². The second kappa shape index (κ2) is 8.96. The summed E-state index contributed by atoms with van der Waals surface area (Å²) in [5.41, 5.74) is 1.54. The number of anilines is 1. The van der Waals surface area contributed by atoms with Gasteiger partial charge in [0.1, 0.15) is 0 Å². The summed E-state index contributed by atoms with van der Waals surface area (Å²) in [5.74, 6) is -0.348. The molecule has 0 radical (unpaired) electrons. The van der Waals surface area contributed by atoms with Crippen molar-refractivity contribution in [3.63, 3.8) is 0 Å². The summed E-state index contributed by atoms with van der Waals surface area (Å²) < 4.78 is 27.2. The van der Waals surface area contributed by atoms with Gasteiger partial charge in [0.25, 0.3) is 0 Å². The molecule has 2 atom stereocenters. The van der Waals surface area contributed by atoms with E-state index in [1.165, 1.54) is 12.1 Å². The molecule has 0 aliphatic heterocycles. The molecule has 2 aromatic rings. The van der Waals surface area contributed by atoms with Gasteiger partial charge in [-0.2, -0.15) is 0 Å². The number of carbonyl (C=O) groups excluding carboxylic acids is 1. The lowest BCUT2D eigenvalue weighted by Crippen LogP contribution is -2.32. The summed E-state index contributed by atoms with van der Waals surface area (Å²) in [6.07, 6.45) is 1.40. The average molecular weight is 375 g/mol. The fourth-order valence-electron chi connectivity index (χ4n) is 2.62. The van der Waals surface area contributed by atoms with Gasteiger partial charge in [0.15, 0.2) is 0 Å². The summed E-state index contributed by atoms with van der Waals surface area (Å²) in [7, 11) is -3.54.